The lowest BCUT2D eigenvalue weighted by atomic mass is 9.79. The van der Waals surface area contributed by atoms with Gasteiger partial charge in [0.15, 0.2) is 0 Å². The summed E-state index contributed by atoms with van der Waals surface area (Å²) < 4.78 is 6.36. The Hall–Kier alpha value is -1.40. The van der Waals surface area contributed by atoms with Crippen molar-refractivity contribution in [2.75, 3.05) is 0 Å². The van der Waals surface area contributed by atoms with Gasteiger partial charge in [-0.05, 0) is 30.4 Å². The second-order valence-corrected chi connectivity index (χ2v) is 7.27. The summed E-state index contributed by atoms with van der Waals surface area (Å²) in [5.41, 5.74) is -0.233. The maximum atomic E-state index is 11.1. The molecule has 2 aromatic heterocycles. The third-order valence-electron chi connectivity index (χ3n) is 3.97. The molecular formula is C14H15ClN2O3S. The third kappa shape index (κ3) is 3.27. The molecule has 1 aliphatic rings. The summed E-state index contributed by atoms with van der Waals surface area (Å²) in [6.45, 7) is 0. The molecule has 1 saturated carbocycles. The minimum absolute atomic E-state index is 0.162. The van der Waals surface area contributed by atoms with Gasteiger partial charge in [0.25, 0.3) is 5.89 Å². The average molecular weight is 327 g/mol. The maximum Gasteiger partial charge on any atom is 0.303 e. The molecule has 5 nitrogen and oxygen atoms in total. The van der Waals surface area contributed by atoms with Crippen molar-refractivity contribution in [1.29, 1.82) is 0 Å². The predicted octanol–water partition coefficient (Wildman–Crippen LogP) is 4.03. The predicted molar refractivity (Wildman–Crippen MR) is 79.5 cm³/mol. The van der Waals surface area contributed by atoms with Gasteiger partial charge in [-0.1, -0.05) is 24.4 Å². The Kier molecular flexibility index (Phi) is 3.99. The van der Waals surface area contributed by atoms with Gasteiger partial charge in [0.05, 0.1) is 15.6 Å². The number of hydrogen-bond acceptors (Lipinski definition) is 5. The molecule has 0 unspecified atom stereocenters. The number of hydrogen-bond donors (Lipinski definition) is 1. The lowest BCUT2D eigenvalue weighted by Gasteiger charge is -2.24. The molecule has 0 saturated heterocycles. The van der Waals surface area contributed by atoms with E-state index >= 15 is 0 Å². The standard InChI is InChI=1S/C14H15ClN2O3S/c15-10-4-3-9(21-10)13-17-16-11(20-13)7-14(8-12(18)19)5-1-2-6-14/h3-4H,1-2,5-8H2,(H,18,19). The molecule has 0 bridgehead atoms. The molecule has 0 radical (unpaired) electrons. The molecule has 0 atom stereocenters. The molecule has 7 heteroatoms. The molecule has 112 valence electrons. The van der Waals surface area contributed by atoms with Crippen LogP contribution in [-0.4, -0.2) is 21.3 Å². The molecule has 0 spiro atoms. The van der Waals surface area contributed by atoms with Crippen LogP contribution in [0.1, 0.15) is 38.0 Å². The van der Waals surface area contributed by atoms with Crippen molar-refractivity contribution in [3.63, 3.8) is 0 Å². The lowest BCUT2D eigenvalue weighted by Crippen LogP contribution is -2.23. The van der Waals surface area contributed by atoms with Crippen molar-refractivity contribution < 1.29 is 14.3 Å². The van der Waals surface area contributed by atoms with E-state index in [1.165, 1.54) is 11.3 Å². The van der Waals surface area contributed by atoms with E-state index < -0.39 is 5.97 Å². The van der Waals surface area contributed by atoms with Crippen LogP contribution in [0.3, 0.4) is 0 Å². The van der Waals surface area contributed by atoms with E-state index in [1.807, 2.05) is 6.07 Å². The SMILES string of the molecule is O=C(O)CC1(Cc2nnc(-c3ccc(Cl)s3)o2)CCCC1. The van der Waals surface area contributed by atoms with Crippen LogP contribution in [0.2, 0.25) is 4.34 Å². The molecule has 0 amide bonds. The molecule has 1 fully saturated rings. The maximum absolute atomic E-state index is 11.1. The summed E-state index contributed by atoms with van der Waals surface area (Å²) in [5, 5.41) is 17.2. The number of aromatic nitrogens is 2. The van der Waals surface area contributed by atoms with Gasteiger partial charge in [-0.3, -0.25) is 4.79 Å². The van der Waals surface area contributed by atoms with Crippen LogP contribution in [0.5, 0.6) is 0 Å². The van der Waals surface area contributed by atoms with Crippen LogP contribution in [-0.2, 0) is 11.2 Å². The number of carbonyl (C=O) groups is 1. The Morgan fingerprint density at radius 1 is 1.38 bits per heavy atom. The quantitative estimate of drug-likeness (QED) is 0.897. The smallest absolute Gasteiger partial charge is 0.303 e. The molecule has 21 heavy (non-hydrogen) atoms. The number of aliphatic carboxylic acids is 1. The van der Waals surface area contributed by atoms with Crippen LogP contribution >= 0.6 is 22.9 Å². The van der Waals surface area contributed by atoms with Gasteiger partial charge in [-0.15, -0.1) is 21.5 Å². The van der Waals surface area contributed by atoms with Crippen molar-refractivity contribution in [1.82, 2.24) is 10.2 Å². The molecule has 2 heterocycles. The Morgan fingerprint density at radius 3 is 2.76 bits per heavy atom. The summed E-state index contributed by atoms with van der Waals surface area (Å²) in [6, 6.07) is 3.63. The Balaban J connectivity index is 1.78. The Labute approximate surface area is 131 Å². The van der Waals surface area contributed by atoms with Crippen LogP contribution in [0.4, 0.5) is 0 Å². The monoisotopic (exact) mass is 326 g/mol. The van der Waals surface area contributed by atoms with Gasteiger partial charge in [-0.2, -0.15) is 0 Å². The highest BCUT2D eigenvalue weighted by Crippen LogP contribution is 2.44. The number of halogens is 1. The molecule has 3 rings (SSSR count). The fraction of sp³-hybridized carbons (Fsp3) is 0.500. The van der Waals surface area contributed by atoms with Gasteiger partial charge in [0.1, 0.15) is 0 Å². The van der Waals surface area contributed by atoms with Crippen molar-refractivity contribution in [3.8, 4) is 10.8 Å². The second-order valence-electron chi connectivity index (χ2n) is 5.56. The van der Waals surface area contributed by atoms with Gasteiger partial charge < -0.3 is 9.52 Å². The minimum atomic E-state index is -0.762. The first-order valence-corrected chi connectivity index (χ1v) is 8.06. The van der Waals surface area contributed by atoms with Crippen LogP contribution in [0.25, 0.3) is 10.8 Å². The summed E-state index contributed by atoms with van der Waals surface area (Å²) in [4.78, 5) is 11.9. The summed E-state index contributed by atoms with van der Waals surface area (Å²) >= 11 is 7.28. The number of thiophene rings is 1. The summed E-state index contributed by atoms with van der Waals surface area (Å²) in [5.74, 6) is 0.199. The zero-order valence-corrected chi connectivity index (χ0v) is 12.9. The number of carboxylic acids is 1. The number of carboxylic acid groups (broad SMARTS) is 1. The normalized spacial score (nSPS) is 17.2. The summed E-state index contributed by atoms with van der Waals surface area (Å²) in [7, 11) is 0. The van der Waals surface area contributed by atoms with E-state index in [1.54, 1.807) is 6.07 Å². The Bertz CT molecular complexity index is 646. The van der Waals surface area contributed by atoms with Gasteiger partial charge in [-0.25, -0.2) is 0 Å². The number of rotatable bonds is 5. The highest BCUT2D eigenvalue weighted by molar-refractivity contribution is 7.19. The highest BCUT2D eigenvalue weighted by Gasteiger charge is 2.37. The Morgan fingerprint density at radius 2 is 2.14 bits per heavy atom. The largest absolute Gasteiger partial charge is 0.481 e. The summed E-state index contributed by atoms with van der Waals surface area (Å²) in [6.07, 6.45) is 4.63. The van der Waals surface area contributed by atoms with Crippen LogP contribution in [0.15, 0.2) is 16.5 Å². The molecule has 1 aliphatic carbocycles. The van der Waals surface area contributed by atoms with Crippen molar-refractivity contribution in [3.05, 3.63) is 22.4 Å². The average Bonchev–Trinajstić information content (AvgIpc) is 3.11. The van der Waals surface area contributed by atoms with E-state index in [-0.39, 0.29) is 11.8 Å². The molecule has 0 aliphatic heterocycles. The molecule has 2 aromatic rings. The van der Waals surface area contributed by atoms with Gasteiger partial charge in [0, 0.05) is 6.42 Å². The second kappa shape index (κ2) is 5.77. The van der Waals surface area contributed by atoms with Crippen molar-refractivity contribution >= 4 is 28.9 Å². The molecule has 0 aromatic carbocycles. The highest BCUT2D eigenvalue weighted by atomic mass is 35.5. The zero-order chi connectivity index (χ0) is 14.9. The van der Waals surface area contributed by atoms with Crippen molar-refractivity contribution in [2.45, 2.75) is 38.5 Å². The fourth-order valence-electron chi connectivity index (χ4n) is 3.04. The van der Waals surface area contributed by atoms with E-state index in [0.717, 1.165) is 30.6 Å². The minimum Gasteiger partial charge on any atom is -0.481 e. The van der Waals surface area contributed by atoms with Gasteiger partial charge in [0.2, 0.25) is 5.89 Å². The first kappa shape index (κ1) is 14.5. The fourth-order valence-corrected chi connectivity index (χ4v) is 4.00. The van der Waals surface area contributed by atoms with E-state index in [9.17, 15) is 4.79 Å². The van der Waals surface area contributed by atoms with Crippen molar-refractivity contribution in [2.24, 2.45) is 5.41 Å². The zero-order valence-electron chi connectivity index (χ0n) is 11.3. The molecule has 1 N–H and O–H groups in total. The first-order valence-electron chi connectivity index (χ1n) is 6.86. The van der Waals surface area contributed by atoms with E-state index in [2.05, 4.69) is 10.2 Å². The third-order valence-corrected chi connectivity index (χ3v) is 5.19. The first-order chi connectivity index (χ1) is 10.1. The molecular weight excluding hydrogens is 312 g/mol. The van der Waals surface area contributed by atoms with E-state index in [0.29, 0.717) is 22.5 Å². The van der Waals surface area contributed by atoms with Crippen LogP contribution in [0, 0.1) is 5.41 Å². The topological polar surface area (TPSA) is 76.2 Å². The van der Waals surface area contributed by atoms with Crippen LogP contribution < -0.4 is 0 Å². The van der Waals surface area contributed by atoms with E-state index in [4.69, 9.17) is 21.1 Å². The lowest BCUT2D eigenvalue weighted by molar-refractivity contribution is -0.139. The number of nitrogens with zero attached hydrogens (tertiary/aromatic N) is 2. The van der Waals surface area contributed by atoms with Gasteiger partial charge >= 0.3 is 5.97 Å².